The molecule has 26 heavy (non-hydrogen) atoms. The third kappa shape index (κ3) is 4.46. The second kappa shape index (κ2) is 8.77. The van der Waals surface area contributed by atoms with Gasteiger partial charge in [-0.2, -0.15) is 0 Å². The monoisotopic (exact) mass is 356 g/mol. The molecule has 0 spiro atoms. The summed E-state index contributed by atoms with van der Waals surface area (Å²) in [4.78, 5) is 36.3. The Morgan fingerprint density at radius 1 is 0.962 bits per heavy atom. The van der Waals surface area contributed by atoms with Gasteiger partial charge in [0, 0.05) is 12.2 Å². The summed E-state index contributed by atoms with van der Waals surface area (Å²) in [6.45, 7) is 0.108. The van der Waals surface area contributed by atoms with Crippen molar-refractivity contribution in [1.82, 2.24) is 0 Å². The Hall–Kier alpha value is -3.19. The van der Waals surface area contributed by atoms with Crippen molar-refractivity contribution in [2.45, 2.75) is 5.92 Å². The molecular formula is C19H20N2O5. The van der Waals surface area contributed by atoms with E-state index in [0.717, 1.165) is 5.56 Å². The van der Waals surface area contributed by atoms with Crippen molar-refractivity contribution < 1.29 is 23.9 Å². The SMILES string of the molecule is COC(=O)c1cc(NC(=O)C(CN)c2ccccc2)cc(C(=O)OC)c1. The second-order valence-electron chi connectivity index (χ2n) is 5.47. The Labute approximate surface area is 151 Å². The predicted octanol–water partition coefficient (Wildman–Crippen LogP) is 1.94. The van der Waals surface area contributed by atoms with Gasteiger partial charge in [-0.05, 0) is 23.8 Å². The number of nitrogens with one attached hydrogen (secondary N) is 1. The van der Waals surface area contributed by atoms with Gasteiger partial charge < -0.3 is 20.5 Å². The van der Waals surface area contributed by atoms with Crippen LogP contribution in [0.1, 0.15) is 32.2 Å². The first-order valence-electron chi connectivity index (χ1n) is 7.87. The predicted molar refractivity (Wildman–Crippen MR) is 96.0 cm³/mol. The number of rotatable bonds is 6. The number of esters is 2. The van der Waals surface area contributed by atoms with Crippen LogP contribution >= 0.6 is 0 Å². The van der Waals surface area contributed by atoms with Gasteiger partial charge in [-0.25, -0.2) is 9.59 Å². The molecule has 1 amide bonds. The molecule has 0 fully saturated rings. The van der Waals surface area contributed by atoms with Crippen molar-refractivity contribution in [1.29, 1.82) is 0 Å². The van der Waals surface area contributed by atoms with Gasteiger partial charge in [0.05, 0.1) is 31.3 Å². The first-order valence-corrected chi connectivity index (χ1v) is 7.87. The molecule has 0 heterocycles. The first kappa shape index (κ1) is 19.1. The Balaban J connectivity index is 2.33. The van der Waals surface area contributed by atoms with E-state index in [2.05, 4.69) is 14.8 Å². The van der Waals surface area contributed by atoms with Gasteiger partial charge in [0.25, 0.3) is 0 Å². The van der Waals surface area contributed by atoms with Crippen LogP contribution in [0.5, 0.6) is 0 Å². The molecule has 0 aliphatic rings. The lowest BCUT2D eigenvalue weighted by Crippen LogP contribution is -2.27. The molecular weight excluding hydrogens is 336 g/mol. The fourth-order valence-corrected chi connectivity index (χ4v) is 2.48. The van der Waals surface area contributed by atoms with Crippen LogP contribution in [0.15, 0.2) is 48.5 Å². The molecule has 7 nitrogen and oxygen atoms in total. The van der Waals surface area contributed by atoms with Gasteiger partial charge in [-0.15, -0.1) is 0 Å². The standard InChI is InChI=1S/C19H20N2O5/c1-25-18(23)13-8-14(19(24)26-2)10-15(9-13)21-17(22)16(11-20)12-6-4-3-5-7-12/h3-10,16H,11,20H2,1-2H3,(H,21,22). The summed E-state index contributed by atoms with van der Waals surface area (Å²) in [6.07, 6.45) is 0. The van der Waals surface area contributed by atoms with Crippen LogP contribution in [-0.2, 0) is 14.3 Å². The van der Waals surface area contributed by atoms with Crippen molar-refractivity contribution in [2.24, 2.45) is 5.73 Å². The van der Waals surface area contributed by atoms with Crippen LogP contribution in [-0.4, -0.2) is 38.6 Å². The zero-order valence-corrected chi connectivity index (χ0v) is 14.5. The number of methoxy groups -OCH3 is 2. The summed E-state index contributed by atoms with van der Waals surface area (Å²) in [6, 6.07) is 13.3. The van der Waals surface area contributed by atoms with Gasteiger partial charge in [0.1, 0.15) is 0 Å². The number of amides is 1. The quantitative estimate of drug-likeness (QED) is 0.766. The van der Waals surface area contributed by atoms with Crippen LogP contribution in [0, 0.1) is 0 Å². The van der Waals surface area contributed by atoms with Gasteiger partial charge in [0.15, 0.2) is 0 Å². The molecule has 0 bridgehead atoms. The zero-order valence-electron chi connectivity index (χ0n) is 14.5. The largest absolute Gasteiger partial charge is 0.465 e. The second-order valence-corrected chi connectivity index (χ2v) is 5.47. The maximum Gasteiger partial charge on any atom is 0.337 e. The zero-order chi connectivity index (χ0) is 19.1. The number of carbonyl (C=O) groups excluding carboxylic acids is 3. The van der Waals surface area contributed by atoms with Crippen molar-refractivity contribution >= 4 is 23.5 Å². The molecule has 0 radical (unpaired) electrons. The maximum atomic E-state index is 12.6. The number of anilines is 1. The highest BCUT2D eigenvalue weighted by atomic mass is 16.5. The normalized spacial score (nSPS) is 11.3. The fourth-order valence-electron chi connectivity index (χ4n) is 2.48. The smallest absolute Gasteiger partial charge is 0.337 e. The molecule has 0 saturated carbocycles. The number of carbonyl (C=O) groups is 3. The molecule has 3 N–H and O–H groups in total. The molecule has 0 aromatic heterocycles. The Morgan fingerprint density at radius 3 is 1.96 bits per heavy atom. The summed E-state index contributed by atoms with van der Waals surface area (Å²) >= 11 is 0. The van der Waals surface area contributed by atoms with E-state index in [1.54, 1.807) is 0 Å². The topological polar surface area (TPSA) is 108 Å². The lowest BCUT2D eigenvalue weighted by atomic mass is 9.98. The molecule has 136 valence electrons. The van der Waals surface area contributed by atoms with Gasteiger partial charge in [-0.3, -0.25) is 4.79 Å². The van der Waals surface area contributed by atoms with Gasteiger partial charge in [0.2, 0.25) is 5.91 Å². The minimum atomic E-state index is -0.635. The lowest BCUT2D eigenvalue weighted by molar-refractivity contribution is -0.117. The van der Waals surface area contributed by atoms with Crippen LogP contribution in [0.3, 0.4) is 0 Å². The van der Waals surface area contributed by atoms with Crippen molar-refractivity contribution in [2.75, 3.05) is 26.1 Å². The number of nitrogens with two attached hydrogens (primary N) is 1. The van der Waals surface area contributed by atoms with Gasteiger partial charge >= 0.3 is 11.9 Å². The Kier molecular flexibility index (Phi) is 6.46. The van der Waals surface area contributed by atoms with Crippen LogP contribution in [0.4, 0.5) is 5.69 Å². The average molecular weight is 356 g/mol. The minimum absolute atomic E-state index is 0.108. The van der Waals surface area contributed by atoms with E-state index >= 15 is 0 Å². The maximum absolute atomic E-state index is 12.6. The Morgan fingerprint density at radius 2 is 1.50 bits per heavy atom. The van der Waals surface area contributed by atoms with E-state index < -0.39 is 17.9 Å². The Bertz CT molecular complexity index is 771. The number of ether oxygens (including phenoxy) is 2. The van der Waals surface area contributed by atoms with Crippen LogP contribution < -0.4 is 11.1 Å². The minimum Gasteiger partial charge on any atom is -0.465 e. The molecule has 7 heteroatoms. The summed E-state index contributed by atoms with van der Waals surface area (Å²) < 4.78 is 9.36. The lowest BCUT2D eigenvalue weighted by Gasteiger charge is -2.16. The summed E-state index contributed by atoms with van der Waals surface area (Å²) in [5.74, 6) is -2.19. The van der Waals surface area contributed by atoms with Crippen molar-refractivity contribution in [3.63, 3.8) is 0 Å². The third-order valence-electron chi connectivity index (χ3n) is 3.80. The third-order valence-corrected chi connectivity index (χ3v) is 3.80. The molecule has 1 atom stereocenters. The fraction of sp³-hybridized carbons (Fsp3) is 0.211. The van der Waals surface area contributed by atoms with E-state index in [1.165, 1.54) is 32.4 Å². The number of benzene rings is 2. The van der Waals surface area contributed by atoms with E-state index in [4.69, 9.17) is 5.73 Å². The average Bonchev–Trinajstić information content (AvgIpc) is 2.67. The van der Waals surface area contributed by atoms with Crippen LogP contribution in [0.25, 0.3) is 0 Å². The number of hydrogen-bond acceptors (Lipinski definition) is 6. The number of hydrogen-bond donors (Lipinski definition) is 2. The van der Waals surface area contributed by atoms with E-state index in [0.29, 0.717) is 0 Å². The first-order chi connectivity index (χ1) is 12.5. The molecule has 0 saturated heterocycles. The highest BCUT2D eigenvalue weighted by Gasteiger charge is 2.20. The van der Waals surface area contributed by atoms with Crippen LogP contribution in [0.2, 0.25) is 0 Å². The van der Waals surface area contributed by atoms with E-state index in [1.807, 2.05) is 30.3 Å². The molecule has 1 unspecified atom stereocenters. The highest BCUT2D eigenvalue weighted by molar-refractivity contribution is 6.01. The summed E-state index contributed by atoms with van der Waals surface area (Å²) in [5, 5.41) is 2.70. The molecule has 0 aliphatic carbocycles. The summed E-state index contributed by atoms with van der Waals surface area (Å²) in [7, 11) is 2.45. The van der Waals surface area contributed by atoms with E-state index in [-0.39, 0.29) is 29.3 Å². The summed E-state index contributed by atoms with van der Waals surface area (Å²) in [5.41, 5.74) is 7.03. The molecule has 2 aromatic carbocycles. The van der Waals surface area contributed by atoms with Crippen molar-refractivity contribution in [3.8, 4) is 0 Å². The van der Waals surface area contributed by atoms with E-state index in [9.17, 15) is 14.4 Å². The molecule has 0 aliphatic heterocycles. The molecule has 2 aromatic rings. The molecule has 2 rings (SSSR count). The highest BCUT2D eigenvalue weighted by Crippen LogP contribution is 2.21. The van der Waals surface area contributed by atoms with Gasteiger partial charge in [-0.1, -0.05) is 30.3 Å². The van der Waals surface area contributed by atoms with Crippen molar-refractivity contribution in [3.05, 3.63) is 65.2 Å².